The first kappa shape index (κ1) is 21.4. The Morgan fingerprint density at radius 3 is 2.42 bits per heavy atom. The van der Waals surface area contributed by atoms with Crippen molar-refractivity contribution in [2.75, 3.05) is 30.4 Å². The third-order valence-corrected chi connectivity index (χ3v) is 6.43. The van der Waals surface area contributed by atoms with Gasteiger partial charge in [0.15, 0.2) is 0 Å². The summed E-state index contributed by atoms with van der Waals surface area (Å²) in [6, 6.07) is 10.1. The van der Waals surface area contributed by atoms with Gasteiger partial charge in [-0.25, -0.2) is 9.97 Å². The smallest absolute Gasteiger partial charge is 0.387 e. The van der Waals surface area contributed by atoms with E-state index in [4.69, 9.17) is 9.72 Å². The average molecular weight is 453 g/mol. The molecule has 0 unspecified atom stereocenters. The normalized spacial score (nSPS) is 16.7. The molecule has 5 rings (SSSR count). The predicted octanol–water partition coefficient (Wildman–Crippen LogP) is 5.27. The standard InChI is InChI=1S/C24H25F2N5O2/c1-32-21-19(14-17(15-28-21)16-2-4-18(5-3-16)33-22(25)26)29-20-6-11-27-23(30-20)31-12-9-24(7-8-24)10-13-31/h2-6,11,14-15,22H,7-10,12-13H2,1H3,(H,27,29,30). The quantitative estimate of drug-likeness (QED) is 0.522. The number of anilines is 3. The van der Waals surface area contributed by atoms with Gasteiger partial charge < -0.3 is 19.7 Å². The van der Waals surface area contributed by atoms with Crippen LogP contribution >= 0.6 is 0 Å². The summed E-state index contributed by atoms with van der Waals surface area (Å²) in [5, 5.41) is 3.29. The molecule has 3 aromatic rings. The molecule has 1 spiro atoms. The first-order valence-electron chi connectivity index (χ1n) is 11.0. The van der Waals surface area contributed by atoms with Crippen molar-refractivity contribution < 1.29 is 18.3 Å². The van der Waals surface area contributed by atoms with Gasteiger partial charge in [0, 0.05) is 31.0 Å². The van der Waals surface area contributed by atoms with Crippen LogP contribution in [-0.4, -0.2) is 41.8 Å². The number of ether oxygens (including phenoxy) is 2. The Balaban J connectivity index is 1.34. The van der Waals surface area contributed by atoms with Gasteiger partial charge in [-0.1, -0.05) is 12.1 Å². The zero-order valence-electron chi connectivity index (χ0n) is 18.3. The molecular formula is C24H25F2N5O2. The number of alkyl halides is 2. The average Bonchev–Trinajstić information content (AvgIpc) is 3.58. The van der Waals surface area contributed by atoms with Crippen LogP contribution in [0.1, 0.15) is 25.7 Å². The van der Waals surface area contributed by atoms with E-state index in [1.165, 1.54) is 37.8 Å². The molecule has 0 amide bonds. The molecule has 1 saturated heterocycles. The topological polar surface area (TPSA) is 72.4 Å². The van der Waals surface area contributed by atoms with Gasteiger partial charge in [0.05, 0.1) is 7.11 Å². The van der Waals surface area contributed by atoms with E-state index < -0.39 is 6.61 Å². The van der Waals surface area contributed by atoms with Crippen LogP contribution in [0.25, 0.3) is 11.1 Å². The molecule has 1 N–H and O–H groups in total. The molecule has 0 atom stereocenters. The number of nitrogens with one attached hydrogen (secondary N) is 1. The van der Waals surface area contributed by atoms with Gasteiger partial charge in [0.2, 0.25) is 11.8 Å². The Morgan fingerprint density at radius 2 is 1.76 bits per heavy atom. The number of methoxy groups -OCH3 is 1. The molecule has 9 heteroatoms. The van der Waals surface area contributed by atoms with Gasteiger partial charge in [0.1, 0.15) is 17.3 Å². The number of aromatic nitrogens is 3. The molecule has 1 aromatic carbocycles. The molecule has 2 aliphatic rings. The first-order valence-corrected chi connectivity index (χ1v) is 11.0. The first-order chi connectivity index (χ1) is 16.0. The monoisotopic (exact) mass is 453 g/mol. The van der Waals surface area contributed by atoms with Crippen molar-refractivity contribution in [1.29, 1.82) is 0 Å². The van der Waals surface area contributed by atoms with Crippen LogP contribution in [0, 0.1) is 5.41 Å². The highest BCUT2D eigenvalue weighted by Crippen LogP contribution is 2.53. The van der Waals surface area contributed by atoms with Crippen LogP contribution in [0.4, 0.5) is 26.2 Å². The summed E-state index contributed by atoms with van der Waals surface area (Å²) in [5.74, 6) is 1.88. The zero-order valence-corrected chi connectivity index (χ0v) is 18.3. The molecule has 1 aliphatic heterocycles. The molecule has 1 saturated carbocycles. The SMILES string of the molecule is COc1ncc(-c2ccc(OC(F)F)cc2)cc1Nc1ccnc(N2CCC3(CC2)CC3)n1. The number of halogens is 2. The van der Waals surface area contributed by atoms with Crippen LogP contribution in [0.5, 0.6) is 11.6 Å². The van der Waals surface area contributed by atoms with Crippen LogP contribution in [0.15, 0.2) is 48.8 Å². The fourth-order valence-electron chi connectivity index (χ4n) is 4.26. The Hall–Kier alpha value is -3.49. The third-order valence-electron chi connectivity index (χ3n) is 6.43. The van der Waals surface area contributed by atoms with E-state index >= 15 is 0 Å². The van der Waals surface area contributed by atoms with Gasteiger partial charge in [-0.15, -0.1) is 0 Å². The van der Waals surface area contributed by atoms with Gasteiger partial charge >= 0.3 is 6.61 Å². The van der Waals surface area contributed by atoms with E-state index in [2.05, 4.69) is 24.9 Å². The molecule has 0 bridgehead atoms. The number of piperidine rings is 1. The number of hydrogen-bond donors (Lipinski definition) is 1. The lowest BCUT2D eigenvalue weighted by atomic mass is 9.94. The second kappa shape index (κ2) is 8.80. The minimum atomic E-state index is -2.85. The Labute approximate surface area is 190 Å². The lowest BCUT2D eigenvalue weighted by Crippen LogP contribution is -2.35. The molecule has 2 fully saturated rings. The van der Waals surface area contributed by atoms with E-state index in [1.807, 2.05) is 6.07 Å². The second-order valence-electron chi connectivity index (χ2n) is 8.54. The van der Waals surface area contributed by atoms with Crippen LogP contribution in [-0.2, 0) is 0 Å². The van der Waals surface area contributed by atoms with E-state index in [9.17, 15) is 8.78 Å². The van der Waals surface area contributed by atoms with Crippen molar-refractivity contribution in [3.63, 3.8) is 0 Å². The summed E-state index contributed by atoms with van der Waals surface area (Å²) in [5.41, 5.74) is 2.83. The number of pyridine rings is 1. The Morgan fingerprint density at radius 1 is 1.00 bits per heavy atom. The predicted molar refractivity (Wildman–Crippen MR) is 121 cm³/mol. The summed E-state index contributed by atoms with van der Waals surface area (Å²) < 4.78 is 34.6. The van der Waals surface area contributed by atoms with Crippen molar-refractivity contribution in [3.05, 3.63) is 48.8 Å². The van der Waals surface area contributed by atoms with Crippen molar-refractivity contribution in [2.24, 2.45) is 5.41 Å². The highest BCUT2D eigenvalue weighted by molar-refractivity contribution is 5.72. The van der Waals surface area contributed by atoms with Crippen molar-refractivity contribution in [3.8, 4) is 22.8 Å². The minimum Gasteiger partial charge on any atom is -0.480 e. The summed E-state index contributed by atoms with van der Waals surface area (Å²) in [4.78, 5) is 15.8. The molecule has 33 heavy (non-hydrogen) atoms. The maximum absolute atomic E-state index is 12.4. The lowest BCUT2D eigenvalue weighted by Gasteiger charge is -2.32. The van der Waals surface area contributed by atoms with E-state index in [0.29, 0.717) is 28.7 Å². The van der Waals surface area contributed by atoms with Crippen molar-refractivity contribution in [2.45, 2.75) is 32.3 Å². The van der Waals surface area contributed by atoms with Gasteiger partial charge in [0.25, 0.3) is 0 Å². The fourth-order valence-corrected chi connectivity index (χ4v) is 4.26. The number of nitrogens with zero attached hydrogens (tertiary/aromatic N) is 4. The number of rotatable bonds is 7. The van der Waals surface area contributed by atoms with Crippen LogP contribution in [0.3, 0.4) is 0 Å². The maximum atomic E-state index is 12.4. The molecule has 0 radical (unpaired) electrons. The summed E-state index contributed by atoms with van der Waals surface area (Å²) in [6.07, 6.45) is 8.53. The van der Waals surface area contributed by atoms with Crippen LogP contribution < -0.4 is 19.7 Å². The van der Waals surface area contributed by atoms with Crippen molar-refractivity contribution >= 4 is 17.5 Å². The second-order valence-corrected chi connectivity index (χ2v) is 8.54. The van der Waals surface area contributed by atoms with E-state index in [0.717, 1.165) is 24.2 Å². The summed E-state index contributed by atoms with van der Waals surface area (Å²) in [6.45, 7) is -0.892. The minimum absolute atomic E-state index is 0.104. The van der Waals surface area contributed by atoms with Crippen LogP contribution in [0.2, 0.25) is 0 Å². The molecule has 7 nitrogen and oxygen atoms in total. The van der Waals surface area contributed by atoms with Gasteiger partial charge in [-0.3, -0.25) is 0 Å². The number of hydrogen-bond acceptors (Lipinski definition) is 7. The Bertz CT molecular complexity index is 1110. The molecule has 3 heterocycles. The molecule has 2 aromatic heterocycles. The lowest BCUT2D eigenvalue weighted by molar-refractivity contribution is -0.0498. The van der Waals surface area contributed by atoms with Gasteiger partial charge in [-0.2, -0.15) is 13.8 Å². The highest BCUT2D eigenvalue weighted by Gasteiger charge is 2.44. The maximum Gasteiger partial charge on any atom is 0.387 e. The van der Waals surface area contributed by atoms with E-state index in [1.54, 1.807) is 37.7 Å². The van der Waals surface area contributed by atoms with Gasteiger partial charge in [-0.05, 0) is 60.9 Å². The number of benzene rings is 1. The highest BCUT2D eigenvalue weighted by atomic mass is 19.3. The third kappa shape index (κ3) is 4.81. The summed E-state index contributed by atoms with van der Waals surface area (Å²) in [7, 11) is 1.55. The largest absolute Gasteiger partial charge is 0.480 e. The van der Waals surface area contributed by atoms with E-state index in [-0.39, 0.29) is 5.75 Å². The molecule has 1 aliphatic carbocycles. The fraction of sp³-hybridized carbons (Fsp3) is 0.375. The molecule has 172 valence electrons. The summed E-state index contributed by atoms with van der Waals surface area (Å²) >= 11 is 0. The zero-order chi connectivity index (χ0) is 22.8. The Kier molecular flexibility index (Phi) is 5.70. The molecular weight excluding hydrogens is 428 g/mol. The van der Waals surface area contributed by atoms with Crippen molar-refractivity contribution in [1.82, 2.24) is 15.0 Å².